The molecule has 0 aromatic heterocycles. The summed E-state index contributed by atoms with van der Waals surface area (Å²) in [7, 11) is 0. The molecule has 1 aromatic carbocycles. The molecule has 0 heterocycles. The number of benzene rings is 1. The summed E-state index contributed by atoms with van der Waals surface area (Å²) in [6, 6.07) is 3.18. The monoisotopic (exact) mass is 152 g/mol. The normalized spacial score (nSPS) is 10.2. The van der Waals surface area contributed by atoms with E-state index >= 15 is 0 Å². The molecule has 0 aliphatic rings. The molecule has 0 saturated heterocycles. The minimum Gasteiger partial charge on any atom is -0.207 e. The van der Waals surface area contributed by atoms with Crippen LogP contribution in [0.15, 0.2) is 12.1 Å². The SMILES string of the molecule is CCc1c(C)cc(F)cc1C. The average molecular weight is 152 g/mol. The highest BCUT2D eigenvalue weighted by molar-refractivity contribution is 5.33. The highest BCUT2D eigenvalue weighted by Gasteiger charge is 2.01. The Kier molecular flexibility index (Phi) is 2.28. The third kappa shape index (κ3) is 1.59. The molecule has 0 bridgehead atoms. The lowest BCUT2D eigenvalue weighted by Gasteiger charge is -2.06. The van der Waals surface area contributed by atoms with E-state index in [4.69, 9.17) is 0 Å². The van der Waals surface area contributed by atoms with Crippen LogP contribution in [0.3, 0.4) is 0 Å². The van der Waals surface area contributed by atoms with E-state index in [2.05, 4.69) is 6.92 Å². The summed E-state index contributed by atoms with van der Waals surface area (Å²) in [5.74, 6) is -0.128. The molecule has 0 unspecified atom stereocenters. The fraction of sp³-hybridized carbons (Fsp3) is 0.400. The summed E-state index contributed by atoms with van der Waals surface area (Å²) in [5, 5.41) is 0. The topological polar surface area (TPSA) is 0 Å². The Labute approximate surface area is 67.1 Å². The van der Waals surface area contributed by atoms with Gasteiger partial charge in [0.15, 0.2) is 0 Å². The number of aryl methyl sites for hydroxylation is 2. The lowest BCUT2D eigenvalue weighted by molar-refractivity contribution is 0.624. The van der Waals surface area contributed by atoms with E-state index in [0.717, 1.165) is 17.5 Å². The van der Waals surface area contributed by atoms with Crippen LogP contribution in [0.1, 0.15) is 23.6 Å². The quantitative estimate of drug-likeness (QED) is 0.580. The van der Waals surface area contributed by atoms with E-state index in [1.807, 2.05) is 13.8 Å². The molecule has 0 spiro atoms. The minimum absolute atomic E-state index is 0.128. The van der Waals surface area contributed by atoms with Crippen molar-refractivity contribution in [2.75, 3.05) is 0 Å². The van der Waals surface area contributed by atoms with Crippen LogP contribution in [0.4, 0.5) is 4.39 Å². The Morgan fingerprint density at radius 1 is 1.18 bits per heavy atom. The number of halogens is 1. The van der Waals surface area contributed by atoms with E-state index in [9.17, 15) is 4.39 Å². The first-order chi connectivity index (χ1) is 5.15. The minimum atomic E-state index is -0.128. The van der Waals surface area contributed by atoms with E-state index in [0.29, 0.717) is 0 Å². The summed E-state index contributed by atoms with van der Waals surface area (Å²) < 4.78 is 12.7. The second-order valence-corrected chi connectivity index (χ2v) is 2.87. The van der Waals surface area contributed by atoms with Crippen LogP contribution >= 0.6 is 0 Å². The Morgan fingerprint density at radius 2 is 1.64 bits per heavy atom. The maximum atomic E-state index is 12.7. The van der Waals surface area contributed by atoms with Crippen molar-refractivity contribution in [2.45, 2.75) is 27.2 Å². The lowest BCUT2D eigenvalue weighted by atomic mass is 10.0. The Morgan fingerprint density at radius 3 is 2.00 bits per heavy atom. The van der Waals surface area contributed by atoms with Gasteiger partial charge in [0.05, 0.1) is 0 Å². The van der Waals surface area contributed by atoms with Crippen LogP contribution in [0.2, 0.25) is 0 Å². The molecular weight excluding hydrogens is 139 g/mol. The molecule has 0 radical (unpaired) electrons. The van der Waals surface area contributed by atoms with Gasteiger partial charge in [-0.1, -0.05) is 6.92 Å². The predicted molar refractivity (Wildman–Crippen MR) is 45.3 cm³/mol. The summed E-state index contributed by atoms with van der Waals surface area (Å²) >= 11 is 0. The Hall–Kier alpha value is -0.850. The molecule has 1 rings (SSSR count). The molecule has 0 aliphatic carbocycles. The molecule has 1 aromatic rings. The zero-order chi connectivity index (χ0) is 8.43. The maximum absolute atomic E-state index is 12.7. The van der Waals surface area contributed by atoms with Gasteiger partial charge >= 0.3 is 0 Å². The molecule has 0 fully saturated rings. The first-order valence-corrected chi connectivity index (χ1v) is 3.90. The highest BCUT2D eigenvalue weighted by Crippen LogP contribution is 2.15. The van der Waals surface area contributed by atoms with Gasteiger partial charge in [0.1, 0.15) is 5.82 Å². The first-order valence-electron chi connectivity index (χ1n) is 3.90. The third-order valence-electron chi connectivity index (χ3n) is 2.01. The van der Waals surface area contributed by atoms with Crippen molar-refractivity contribution in [1.82, 2.24) is 0 Å². The van der Waals surface area contributed by atoms with Crippen molar-refractivity contribution in [2.24, 2.45) is 0 Å². The maximum Gasteiger partial charge on any atom is 0.123 e. The molecule has 0 amide bonds. The van der Waals surface area contributed by atoms with Crippen molar-refractivity contribution in [3.8, 4) is 0 Å². The van der Waals surface area contributed by atoms with Gasteiger partial charge in [-0.25, -0.2) is 4.39 Å². The van der Waals surface area contributed by atoms with Crippen LogP contribution in [0.25, 0.3) is 0 Å². The fourth-order valence-corrected chi connectivity index (χ4v) is 1.50. The fourth-order valence-electron chi connectivity index (χ4n) is 1.50. The molecule has 60 valence electrons. The largest absolute Gasteiger partial charge is 0.207 e. The van der Waals surface area contributed by atoms with Gasteiger partial charge < -0.3 is 0 Å². The predicted octanol–water partition coefficient (Wildman–Crippen LogP) is 3.00. The third-order valence-corrected chi connectivity index (χ3v) is 2.01. The Bertz CT molecular complexity index is 241. The standard InChI is InChI=1S/C10H13F/c1-4-10-7(2)5-9(11)6-8(10)3/h5-6H,4H2,1-3H3. The summed E-state index contributed by atoms with van der Waals surface area (Å²) in [6.45, 7) is 6.00. The van der Waals surface area contributed by atoms with Crippen LogP contribution in [-0.4, -0.2) is 0 Å². The van der Waals surface area contributed by atoms with Crippen LogP contribution < -0.4 is 0 Å². The molecule has 0 N–H and O–H groups in total. The van der Waals surface area contributed by atoms with Gasteiger partial charge in [0.25, 0.3) is 0 Å². The highest BCUT2D eigenvalue weighted by atomic mass is 19.1. The molecule has 1 heteroatoms. The van der Waals surface area contributed by atoms with Crippen molar-refractivity contribution in [3.63, 3.8) is 0 Å². The van der Waals surface area contributed by atoms with Gasteiger partial charge in [-0.15, -0.1) is 0 Å². The molecule has 11 heavy (non-hydrogen) atoms. The van der Waals surface area contributed by atoms with E-state index in [1.54, 1.807) is 12.1 Å². The molecule has 0 saturated carbocycles. The second kappa shape index (κ2) is 3.04. The lowest BCUT2D eigenvalue weighted by Crippen LogP contribution is -1.92. The van der Waals surface area contributed by atoms with E-state index < -0.39 is 0 Å². The van der Waals surface area contributed by atoms with Gasteiger partial charge in [-0.2, -0.15) is 0 Å². The van der Waals surface area contributed by atoms with Crippen molar-refractivity contribution < 1.29 is 4.39 Å². The molecule has 0 atom stereocenters. The zero-order valence-electron chi connectivity index (χ0n) is 7.24. The van der Waals surface area contributed by atoms with Gasteiger partial charge in [0.2, 0.25) is 0 Å². The Balaban J connectivity index is 3.25. The molecule has 0 aliphatic heterocycles. The van der Waals surface area contributed by atoms with Crippen LogP contribution in [-0.2, 0) is 6.42 Å². The molecular formula is C10H13F. The van der Waals surface area contributed by atoms with Crippen molar-refractivity contribution >= 4 is 0 Å². The van der Waals surface area contributed by atoms with Gasteiger partial charge in [-0.3, -0.25) is 0 Å². The van der Waals surface area contributed by atoms with Crippen LogP contribution in [0.5, 0.6) is 0 Å². The number of hydrogen-bond donors (Lipinski definition) is 0. The number of hydrogen-bond acceptors (Lipinski definition) is 0. The van der Waals surface area contributed by atoms with Gasteiger partial charge in [-0.05, 0) is 49.1 Å². The summed E-state index contributed by atoms with van der Waals surface area (Å²) in [6.07, 6.45) is 0.984. The first kappa shape index (κ1) is 8.25. The van der Waals surface area contributed by atoms with Crippen molar-refractivity contribution in [1.29, 1.82) is 0 Å². The van der Waals surface area contributed by atoms with Crippen molar-refractivity contribution in [3.05, 3.63) is 34.6 Å². The second-order valence-electron chi connectivity index (χ2n) is 2.87. The van der Waals surface area contributed by atoms with E-state index in [-0.39, 0.29) is 5.82 Å². The summed E-state index contributed by atoms with van der Waals surface area (Å²) in [4.78, 5) is 0. The zero-order valence-corrected chi connectivity index (χ0v) is 7.24. The van der Waals surface area contributed by atoms with Gasteiger partial charge in [0, 0.05) is 0 Å². The smallest absolute Gasteiger partial charge is 0.123 e. The molecule has 0 nitrogen and oxygen atoms in total. The van der Waals surface area contributed by atoms with Crippen LogP contribution in [0, 0.1) is 19.7 Å². The average Bonchev–Trinajstić information content (AvgIpc) is 1.85. The van der Waals surface area contributed by atoms with E-state index in [1.165, 1.54) is 5.56 Å². The summed E-state index contributed by atoms with van der Waals surface area (Å²) in [5.41, 5.74) is 3.39. The number of rotatable bonds is 1.